The normalized spacial score (nSPS) is 18.0. The Kier molecular flexibility index (Phi) is 9.22. The number of fused-ring (bicyclic) bond motifs is 1. The molecule has 11 nitrogen and oxygen atoms in total. The maximum Gasteiger partial charge on any atom is 0.410 e. The summed E-state index contributed by atoms with van der Waals surface area (Å²) in [5.74, 6) is -1.19. The first-order valence-corrected chi connectivity index (χ1v) is 17.5. The Morgan fingerprint density at radius 2 is 1.59 bits per heavy atom. The van der Waals surface area contributed by atoms with Gasteiger partial charge < -0.3 is 38.5 Å². The average Bonchev–Trinajstić information content (AvgIpc) is 3.05. The summed E-state index contributed by atoms with van der Waals surface area (Å²) in [5, 5.41) is 0.436. The lowest BCUT2D eigenvalue weighted by Crippen LogP contribution is -2.73. The Balaban J connectivity index is 1.06. The highest BCUT2D eigenvalue weighted by Crippen LogP contribution is 2.45. The van der Waals surface area contributed by atoms with Gasteiger partial charge in [0, 0.05) is 67.1 Å². The topological polar surface area (TPSA) is 101 Å². The molecule has 0 radical (unpaired) electrons. The number of halogens is 3. The standard InChI is InChI=1S/C37H39Cl2FN4O7/c1-36(2,3)51-35(47)44-19-37(20-44)17-43(18-37)23-12-27(38)31(28(39)13-23)33(45)42-16-22-6-5-7-24(32(22)50-21-42)25-15-30(41-8-10-49-11-9-41)26(14-29(25)40)34(46)48-4/h5-7,12-15H,8-11,16-21H2,1-4H3. The lowest BCUT2D eigenvalue weighted by atomic mass is 9.73. The molecule has 0 unspecified atom stereocenters. The zero-order chi connectivity index (χ0) is 36.2. The second-order valence-electron chi connectivity index (χ2n) is 14.5. The summed E-state index contributed by atoms with van der Waals surface area (Å²) in [4.78, 5) is 46.1. The highest BCUT2D eigenvalue weighted by molar-refractivity contribution is 6.40. The van der Waals surface area contributed by atoms with Gasteiger partial charge in [-0.3, -0.25) is 4.79 Å². The molecule has 270 valence electrons. The van der Waals surface area contributed by atoms with Crippen LogP contribution in [0.1, 0.15) is 47.1 Å². The van der Waals surface area contributed by atoms with E-state index in [0.717, 1.165) is 18.8 Å². The fourth-order valence-electron chi connectivity index (χ4n) is 7.19. The quantitative estimate of drug-likeness (QED) is 0.273. The zero-order valence-electron chi connectivity index (χ0n) is 28.9. The largest absolute Gasteiger partial charge is 0.472 e. The highest BCUT2D eigenvalue weighted by Gasteiger charge is 2.54. The Morgan fingerprint density at radius 3 is 2.24 bits per heavy atom. The molecule has 14 heteroatoms. The Bertz CT molecular complexity index is 1880. The lowest BCUT2D eigenvalue weighted by molar-refractivity contribution is -0.0453. The van der Waals surface area contributed by atoms with Crippen LogP contribution in [0.3, 0.4) is 0 Å². The summed E-state index contributed by atoms with van der Waals surface area (Å²) >= 11 is 13.4. The highest BCUT2D eigenvalue weighted by atomic mass is 35.5. The number of ether oxygens (including phenoxy) is 4. The van der Waals surface area contributed by atoms with E-state index in [2.05, 4.69) is 4.90 Å². The van der Waals surface area contributed by atoms with Gasteiger partial charge in [-0.15, -0.1) is 0 Å². The smallest absolute Gasteiger partial charge is 0.410 e. The molecule has 3 aromatic rings. The van der Waals surface area contributed by atoms with Crippen molar-refractivity contribution in [2.75, 3.05) is 76.1 Å². The van der Waals surface area contributed by atoms with Crippen LogP contribution in [0.4, 0.5) is 20.6 Å². The number of para-hydroxylation sites is 1. The van der Waals surface area contributed by atoms with Gasteiger partial charge in [0.05, 0.1) is 53.7 Å². The molecule has 51 heavy (non-hydrogen) atoms. The number of carbonyl (C=O) groups excluding carboxylic acids is 3. The second kappa shape index (κ2) is 13.4. The molecule has 4 aliphatic heterocycles. The van der Waals surface area contributed by atoms with Gasteiger partial charge in [-0.1, -0.05) is 41.4 Å². The summed E-state index contributed by atoms with van der Waals surface area (Å²) in [7, 11) is 1.26. The molecular formula is C37H39Cl2FN4O7. The first-order valence-electron chi connectivity index (χ1n) is 16.8. The minimum atomic E-state index is -0.633. The van der Waals surface area contributed by atoms with E-state index in [4.69, 9.17) is 42.1 Å². The second-order valence-corrected chi connectivity index (χ2v) is 15.3. The summed E-state index contributed by atoms with van der Waals surface area (Å²) < 4.78 is 37.8. The van der Waals surface area contributed by atoms with Gasteiger partial charge in [-0.2, -0.15) is 0 Å². The number of carbonyl (C=O) groups is 3. The number of nitrogens with zero attached hydrogens (tertiary/aromatic N) is 4. The number of morpholine rings is 1. The monoisotopic (exact) mass is 740 g/mol. The number of methoxy groups -OCH3 is 1. The van der Waals surface area contributed by atoms with E-state index in [1.54, 1.807) is 35.2 Å². The van der Waals surface area contributed by atoms with Gasteiger partial charge >= 0.3 is 12.1 Å². The minimum Gasteiger partial charge on any atom is -0.472 e. The van der Waals surface area contributed by atoms with Gasteiger partial charge in [0.15, 0.2) is 6.73 Å². The minimum absolute atomic E-state index is 0.00187. The number of benzene rings is 3. The molecule has 3 aromatic carbocycles. The number of hydrogen-bond donors (Lipinski definition) is 0. The summed E-state index contributed by atoms with van der Waals surface area (Å²) in [6, 6.07) is 11.7. The molecule has 4 heterocycles. The molecule has 0 aromatic heterocycles. The Labute approximate surface area is 305 Å². The van der Waals surface area contributed by atoms with E-state index in [1.165, 1.54) is 18.1 Å². The van der Waals surface area contributed by atoms with Crippen LogP contribution in [0.5, 0.6) is 5.75 Å². The fraction of sp³-hybridized carbons (Fsp3) is 0.432. The van der Waals surface area contributed by atoms with Crippen LogP contribution in [0.25, 0.3) is 11.1 Å². The molecule has 3 saturated heterocycles. The lowest BCUT2D eigenvalue weighted by Gasteiger charge is -2.60. The zero-order valence-corrected chi connectivity index (χ0v) is 30.4. The average molecular weight is 742 g/mol. The number of rotatable bonds is 5. The van der Waals surface area contributed by atoms with E-state index in [1.807, 2.05) is 31.7 Å². The van der Waals surface area contributed by atoms with Crippen molar-refractivity contribution in [1.82, 2.24) is 9.80 Å². The van der Waals surface area contributed by atoms with Crippen molar-refractivity contribution in [3.05, 3.63) is 75.0 Å². The molecule has 2 amide bonds. The number of esters is 1. The molecule has 7 rings (SSSR count). The molecule has 0 N–H and O–H groups in total. The third-order valence-corrected chi connectivity index (χ3v) is 10.2. The van der Waals surface area contributed by atoms with Gasteiger partial charge in [0.1, 0.15) is 17.2 Å². The number of amides is 2. The van der Waals surface area contributed by atoms with Crippen molar-refractivity contribution in [3.63, 3.8) is 0 Å². The molecule has 0 atom stereocenters. The van der Waals surface area contributed by atoms with Crippen LogP contribution in [-0.4, -0.2) is 99.7 Å². The van der Waals surface area contributed by atoms with E-state index in [9.17, 15) is 14.4 Å². The Morgan fingerprint density at radius 1 is 0.902 bits per heavy atom. The summed E-state index contributed by atoms with van der Waals surface area (Å²) in [6.45, 7) is 10.3. The van der Waals surface area contributed by atoms with Crippen molar-refractivity contribution in [2.45, 2.75) is 32.9 Å². The molecule has 3 fully saturated rings. The molecule has 1 spiro atoms. The Hall–Kier alpha value is -4.26. The summed E-state index contributed by atoms with van der Waals surface area (Å²) in [5.41, 5.74) is 2.52. The predicted molar refractivity (Wildman–Crippen MR) is 190 cm³/mol. The molecule has 0 aliphatic carbocycles. The maximum absolute atomic E-state index is 15.7. The first-order chi connectivity index (χ1) is 24.3. The van der Waals surface area contributed by atoms with Crippen LogP contribution in [0.2, 0.25) is 10.0 Å². The van der Waals surface area contributed by atoms with Crippen LogP contribution >= 0.6 is 23.2 Å². The number of anilines is 2. The fourth-order valence-corrected chi connectivity index (χ4v) is 7.83. The van der Waals surface area contributed by atoms with Crippen LogP contribution in [-0.2, 0) is 20.8 Å². The molecule has 0 saturated carbocycles. The maximum atomic E-state index is 15.7. The van der Waals surface area contributed by atoms with Gasteiger partial charge in [0.2, 0.25) is 0 Å². The van der Waals surface area contributed by atoms with Crippen LogP contribution < -0.4 is 14.5 Å². The first kappa shape index (κ1) is 35.2. The van der Waals surface area contributed by atoms with Crippen molar-refractivity contribution < 1.29 is 37.7 Å². The van der Waals surface area contributed by atoms with E-state index < -0.39 is 23.3 Å². The van der Waals surface area contributed by atoms with Gasteiger partial charge in [-0.05, 0) is 45.0 Å². The molecule has 0 bridgehead atoms. The number of likely N-dealkylation sites (tertiary alicyclic amines) is 1. The van der Waals surface area contributed by atoms with Crippen molar-refractivity contribution >= 4 is 52.5 Å². The third kappa shape index (κ3) is 6.76. The van der Waals surface area contributed by atoms with E-state index in [-0.39, 0.29) is 51.5 Å². The molecular weight excluding hydrogens is 702 g/mol. The van der Waals surface area contributed by atoms with E-state index >= 15 is 4.39 Å². The predicted octanol–water partition coefficient (Wildman–Crippen LogP) is 6.47. The van der Waals surface area contributed by atoms with Crippen molar-refractivity contribution in [1.29, 1.82) is 0 Å². The van der Waals surface area contributed by atoms with Crippen LogP contribution in [0.15, 0.2) is 42.5 Å². The van der Waals surface area contributed by atoms with Gasteiger partial charge in [0.25, 0.3) is 5.91 Å². The van der Waals surface area contributed by atoms with Crippen LogP contribution in [0, 0.1) is 11.2 Å². The number of hydrogen-bond acceptors (Lipinski definition) is 9. The summed E-state index contributed by atoms with van der Waals surface area (Å²) in [6.07, 6.45) is -0.305. The van der Waals surface area contributed by atoms with Crippen molar-refractivity contribution in [2.24, 2.45) is 5.41 Å². The van der Waals surface area contributed by atoms with Gasteiger partial charge in [-0.25, -0.2) is 14.0 Å². The van der Waals surface area contributed by atoms with Crippen molar-refractivity contribution in [3.8, 4) is 16.9 Å². The molecule has 4 aliphatic rings. The SMILES string of the molecule is COC(=O)c1cc(F)c(-c2cccc3c2OCN(C(=O)c2c(Cl)cc(N4CC5(CN(C(=O)OC(C)(C)C)C5)C4)cc2Cl)C3)cc1N1CCOCC1. The van der Waals surface area contributed by atoms with E-state index in [0.29, 0.717) is 62.0 Å². The third-order valence-electron chi connectivity index (χ3n) is 9.61.